The summed E-state index contributed by atoms with van der Waals surface area (Å²) in [4.78, 5) is 14.3. The van der Waals surface area contributed by atoms with E-state index in [2.05, 4.69) is 46.2 Å². The average Bonchev–Trinajstić information content (AvgIpc) is 3.63. The van der Waals surface area contributed by atoms with Gasteiger partial charge in [0.1, 0.15) is 0 Å². The number of hydrogen-bond acceptors (Lipinski definition) is 4. The monoisotopic (exact) mass is 761 g/mol. The van der Waals surface area contributed by atoms with Gasteiger partial charge in [0.2, 0.25) is 0 Å². The SMILES string of the molecule is C(=C1/[N-]c2ccccc2N1c1ccccc1)/c1cccc(-c2cccc(/C=C3\[N-]c4ccccc4N3c3ccccc3)n2)n1.[Pt+2]. The molecule has 2 aromatic heterocycles. The van der Waals surface area contributed by atoms with Crippen LogP contribution in [0.1, 0.15) is 11.4 Å². The van der Waals surface area contributed by atoms with Crippen LogP contribution in [-0.4, -0.2) is 9.97 Å². The molecule has 0 amide bonds. The van der Waals surface area contributed by atoms with Crippen molar-refractivity contribution >= 4 is 46.3 Å². The van der Waals surface area contributed by atoms with Crippen molar-refractivity contribution in [3.63, 3.8) is 0 Å². The first-order valence-corrected chi connectivity index (χ1v) is 14.5. The second-order valence-corrected chi connectivity index (χ2v) is 10.4. The molecule has 6 aromatic rings. The van der Waals surface area contributed by atoms with Crippen molar-refractivity contribution < 1.29 is 21.1 Å². The summed E-state index contributed by atoms with van der Waals surface area (Å²) >= 11 is 0. The zero-order valence-electron chi connectivity index (χ0n) is 24.0. The number of anilines is 4. The fourth-order valence-electron chi connectivity index (χ4n) is 5.59. The van der Waals surface area contributed by atoms with Gasteiger partial charge in [0.15, 0.2) is 0 Å². The van der Waals surface area contributed by atoms with Gasteiger partial charge in [0, 0.05) is 0 Å². The second-order valence-electron chi connectivity index (χ2n) is 10.4. The van der Waals surface area contributed by atoms with Crippen LogP contribution in [0.5, 0.6) is 0 Å². The van der Waals surface area contributed by atoms with Gasteiger partial charge in [0.05, 0.1) is 22.8 Å². The summed E-state index contributed by atoms with van der Waals surface area (Å²) in [5, 5.41) is 9.87. The summed E-state index contributed by atoms with van der Waals surface area (Å²) in [5.74, 6) is 1.63. The van der Waals surface area contributed by atoms with Gasteiger partial charge in [-0.2, -0.15) is 0 Å². The molecule has 0 bridgehead atoms. The predicted molar refractivity (Wildman–Crippen MR) is 180 cm³/mol. The van der Waals surface area contributed by atoms with Crippen LogP contribution in [0.25, 0.3) is 34.2 Å². The van der Waals surface area contributed by atoms with Gasteiger partial charge < -0.3 is 20.4 Å². The van der Waals surface area contributed by atoms with E-state index in [1.54, 1.807) is 0 Å². The fourth-order valence-corrected chi connectivity index (χ4v) is 5.59. The Hall–Kier alpha value is -5.45. The van der Waals surface area contributed by atoms with Crippen molar-refractivity contribution in [1.82, 2.24) is 9.97 Å². The summed E-state index contributed by atoms with van der Waals surface area (Å²) in [7, 11) is 0. The van der Waals surface area contributed by atoms with Gasteiger partial charge in [-0.15, -0.1) is 0 Å². The smallest absolute Gasteiger partial charge is 0.436 e. The standard InChI is InChI=1S/C38H26N6.Pt/c1-3-15-29(16-4-1)43-35-23-9-7-19-33(35)41-37(43)25-27-13-11-21-31(39-27)32-22-12-14-28(40-32)26-38-42-34-20-8-10-24-36(34)44(38)30-17-5-2-6-18-30;/h1-26H;/q-2;+2/b37-25+,38-26+;. The molecule has 7 heteroatoms. The zero-order chi connectivity index (χ0) is 29.3. The molecule has 0 saturated heterocycles. The molecule has 2 aliphatic heterocycles. The Bertz CT molecular complexity index is 1890. The topological polar surface area (TPSA) is 60.5 Å². The summed E-state index contributed by atoms with van der Waals surface area (Å²) in [6, 6.07) is 48.9. The van der Waals surface area contributed by atoms with Gasteiger partial charge >= 0.3 is 21.1 Å². The minimum atomic E-state index is 0. The van der Waals surface area contributed by atoms with E-state index in [0.717, 1.165) is 68.5 Å². The molecular weight excluding hydrogens is 736 g/mol. The Morgan fingerprint density at radius 2 is 0.822 bits per heavy atom. The molecule has 4 aromatic carbocycles. The Labute approximate surface area is 276 Å². The van der Waals surface area contributed by atoms with Crippen LogP contribution in [0.4, 0.5) is 34.1 Å². The van der Waals surface area contributed by atoms with Crippen LogP contribution in [0.3, 0.4) is 0 Å². The molecule has 0 radical (unpaired) electrons. The third-order valence-corrected chi connectivity index (χ3v) is 7.56. The van der Waals surface area contributed by atoms with E-state index < -0.39 is 0 Å². The molecule has 6 nitrogen and oxygen atoms in total. The first-order valence-electron chi connectivity index (χ1n) is 14.5. The van der Waals surface area contributed by atoms with Gasteiger partial charge in [-0.25, -0.2) is 9.97 Å². The maximum atomic E-state index is 4.99. The number of pyridine rings is 2. The summed E-state index contributed by atoms with van der Waals surface area (Å²) < 4.78 is 0. The van der Waals surface area contributed by atoms with Crippen molar-refractivity contribution in [2.45, 2.75) is 0 Å². The summed E-state index contributed by atoms with van der Waals surface area (Å²) in [6.07, 6.45) is 4.05. The van der Waals surface area contributed by atoms with Crippen LogP contribution >= 0.6 is 0 Å². The van der Waals surface area contributed by atoms with E-state index in [1.165, 1.54) is 0 Å². The van der Waals surface area contributed by atoms with Gasteiger partial charge in [-0.3, -0.25) is 0 Å². The molecule has 0 saturated carbocycles. The maximum absolute atomic E-state index is 4.99. The molecule has 0 aliphatic carbocycles. The van der Waals surface area contributed by atoms with E-state index in [4.69, 9.17) is 20.6 Å². The summed E-state index contributed by atoms with van der Waals surface area (Å²) in [5.41, 5.74) is 9.25. The third kappa shape index (κ3) is 5.52. The minimum absolute atomic E-state index is 0. The molecule has 0 N–H and O–H groups in total. The van der Waals surface area contributed by atoms with Crippen molar-refractivity contribution in [1.29, 1.82) is 0 Å². The van der Waals surface area contributed by atoms with E-state index in [-0.39, 0.29) is 21.1 Å². The molecule has 218 valence electrons. The van der Waals surface area contributed by atoms with Crippen LogP contribution < -0.4 is 9.80 Å². The number of para-hydroxylation sites is 6. The van der Waals surface area contributed by atoms with Crippen LogP contribution in [-0.2, 0) is 21.1 Å². The Morgan fingerprint density at radius 1 is 0.422 bits per heavy atom. The molecule has 2 aliphatic rings. The van der Waals surface area contributed by atoms with Gasteiger partial charge in [0.25, 0.3) is 0 Å². The van der Waals surface area contributed by atoms with Crippen molar-refractivity contribution in [3.8, 4) is 11.4 Å². The zero-order valence-corrected chi connectivity index (χ0v) is 26.3. The number of nitrogens with zero attached hydrogens (tertiary/aromatic N) is 6. The van der Waals surface area contributed by atoms with E-state index in [9.17, 15) is 0 Å². The molecule has 0 fully saturated rings. The van der Waals surface area contributed by atoms with Crippen molar-refractivity contribution in [2.75, 3.05) is 9.80 Å². The van der Waals surface area contributed by atoms with E-state index in [1.807, 2.05) is 121 Å². The number of hydrogen-bond donors (Lipinski definition) is 0. The number of rotatable bonds is 5. The largest absolute Gasteiger partial charge is 2.00 e. The van der Waals surface area contributed by atoms with Crippen molar-refractivity contribution in [2.24, 2.45) is 0 Å². The molecule has 4 heterocycles. The summed E-state index contributed by atoms with van der Waals surface area (Å²) in [6.45, 7) is 0. The van der Waals surface area contributed by atoms with Crippen LogP contribution in [0.2, 0.25) is 0 Å². The number of benzene rings is 4. The minimum Gasteiger partial charge on any atom is -0.436 e. The molecule has 0 unspecified atom stereocenters. The average molecular weight is 762 g/mol. The van der Waals surface area contributed by atoms with E-state index in [0.29, 0.717) is 0 Å². The Morgan fingerprint density at radius 3 is 1.27 bits per heavy atom. The van der Waals surface area contributed by atoms with Gasteiger partial charge in [-0.1, -0.05) is 133 Å². The molecule has 0 spiro atoms. The van der Waals surface area contributed by atoms with Gasteiger partial charge in [-0.05, 0) is 70.5 Å². The first kappa shape index (κ1) is 28.3. The quantitative estimate of drug-likeness (QED) is 0.176. The fraction of sp³-hybridized carbons (Fsp3) is 0. The molecule has 45 heavy (non-hydrogen) atoms. The molecule has 0 atom stereocenters. The Kier molecular flexibility index (Phi) is 7.72. The first-order chi connectivity index (χ1) is 21.8. The van der Waals surface area contributed by atoms with Crippen LogP contribution in [0, 0.1) is 0 Å². The Balaban J connectivity index is 0.00000325. The number of fused-ring (bicyclic) bond motifs is 2. The van der Waals surface area contributed by atoms with Crippen molar-refractivity contribution in [3.05, 3.63) is 179 Å². The predicted octanol–water partition coefficient (Wildman–Crippen LogP) is 10.5. The van der Waals surface area contributed by atoms with E-state index >= 15 is 0 Å². The number of aromatic nitrogens is 2. The molecular formula is C38H26N6Pt. The molecule has 8 rings (SSSR count). The normalized spacial score (nSPS) is 14.8. The second kappa shape index (κ2) is 12.3. The third-order valence-electron chi connectivity index (χ3n) is 7.56. The maximum Gasteiger partial charge on any atom is 2.00 e. The van der Waals surface area contributed by atoms with Crippen LogP contribution in [0.15, 0.2) is 157 Å².